The molecule has 1 saturated heterocycles. The van der Waals surface area contributed by atoms with Crippen molar-refractivity contribution >= 4 is 20.8 Å². The Hall–Kier alpha value is -1.43. The molecule has 3 atom stereocenters. The van der Waals surface area contributed by atoms with E-state index >= 15 is 0 Å². The third kappa shape index (κ3) is 1.93. The van der Waals surface area contributed by atoms with Crippen LogP contribution in [0.25, 0.3) is 10.8 Å². The van der Waals surface area contributed by atoms with E-state index in [0.717, 1.165) is 23.9 Å². The van der Waals surface area contributed by atoms with Crippen molar-refractivity contribution in [3.8, 4) is 0 Å². The van der Waals surface area contributed by atoms with Crippen molar-refractivity contribution in [3.05, 3.63) is 42.5 Å². The summed E-state index contributed by atoms with van der Waals surface area (Å²) in [5.74, 6) is 0.954. The van der Waals surface area contributed by atoms with Gasteiger partial charge >= 0.3 is 0 Å². The average Bonchev–Trinajstić information content (AvgIpc) is 2.89. The van der Waals surface area contributed by atoms with Crippen LogP contribution in [-0.2, 0) is 10.0 Å². The van der Waals surface area contributed by atoms with Gasteiger partial charge < -0.3 is 5.32 Å². The number of hydrogen-bond donors (Lipinski definition) is 2. The zero-order valence-electron chi connectivity index (χ0n) is 10.9. The molecule has 5 heteroatoms. The lowest BCUT2D eigenvalue weighted by Crippen LogP contribution is -2.32. The summed E-state index contributed by atoms with van der Waals surface area (Å²) in [5.41, 5.74) is 0. The van der Waals surface area contributed by atoms with E-state index in [9.17, 15) is 8.42 Å². The minimum Gasteiger partial charge on any atom is -0.316 e. The van der Waals surface area contributed by atoms with Crippen LogP contribution in [0.2, 0.25) is 0 Å². The molecule has 0 aromatic heterocycles. The van der Waals surface area contributed by atoms with Gasteiger partial charge in [0.1, 0.15) is 0 Å². The number of fused-ring (bicyclic) bond motifs is 2. The van der Waals surface area contributed by atoms with E-state index in [1.807, 2.05) is 30.3 Å². The Bertz CT molecular complexity index is 762. The maximum Gasteiger partial charge on any atom is 0.240 e. The quantitative estimate of drug-likeness (QED) is 0.896. The second kappa shape index (κ2) is 4.28. The molecule has 1 heterocycles. The first-order valence-corrected chi connectivity index (χ1v) is 8.35. The van der Waals surface area contributed by atoms with Crippen LogP contribution in [0.15, 0.2) is 47.4 Å². The molecule has 1 aliphatic carbocycles. The highest BCUT2D eigenvalue weighted by molar-refractivity contribution is 7.89. The molecule has 0 bridgehead atoms. The molecule has 2 aliphatic rings. The van der Waals surface area contributed by atoms with Crippen LogP contribution in [0.1, 0.15) is 0 Å². The van der Waals surface area contributed by atoms with Crippen LogP contribution < -0.4 is 10.0 Å². The highest BCUT2D eigenvalue weighted by Crippen LogP contribution is 2.42. The number of rotatable bonds is 3. The van der Waals surface area contributed by atoms with E-state index in [-0.39, 0.29) is 6.04 Å². The normalized spacial score (nSPS) is 28.5. The maximum absolute atomic E-state index is 12.4. The summed E-state index contributed by atoms with van der Waals surface area (Å²) in [5, 5.41) is 5.27. The summed E-state index contributed by atoms with van der Waals surface area (Å²) < 4.78 is 27.7. The van der Waals surface area contributed by atoms with Crippen molar-refractivity contribution < 1.29 is 8.42 Å². The average molecular weight is 288 g/mol. The van der Waals surface area contributed by atoms with Crippen LogP contribution >= 0.6 is 0 Å². The zero-order chi connectivity index (χ0) is 13.7. The zero-order valence-corrected chi connectivity index (χ0v) is 11.7. The van der Waals surface area contributed by atoms with Crippen LogP contribution in [-0.4, -0.2) is 27.5 Å². The molecule has 20 heavy (non-hydrogen) atoms. The SMILES string of the molecule is O=S(=O)(NC1[C@H]2CNC[C@@H]12)c1ccc2ccccc2c1. The molecule has 2 N–H and O–H groups in total. The molecular formula is C15H16N2O2S. The number of benzene rings is 2. The molecule has 1 aliphatic heterocycles. The van der Waals surface area contributed by atoms with Crippen molar-refractivity contribution in [1.29, 1.82) is 0 Å². The molecule has 0 radical (unpaired) electrons. The molecule has 2 aromatic rings. The smallest absolute Gasteiger partial charge is 0.240 e. The van der Waals surface area contributed by atoms with Crippen molar-refractivity contribution in [3.63, 3.8) is 0 Å². The fraction of sp³-hybridized carbons (Fsp3) is 0.333. The second-order valence-electron chi connectivity index (χ2n) is 5.64. The second-order valence-corrected chi connectivity index (χ2v) is 7.36. The lowest BCUT2D eigenvalue weighted by molar-refractivity contribution is 0.565. The van der Waals surface area contributed by atoms with Crippen molar-refractivity contribution in [2.24, 2.45) is 11.8 Å². The number of sulfonamides is 1. The fourth-order valence-corrected chi connectivity index (χ4v) is 4.55. The Morgan fingerprint density at radius 2 is 1.70 bits per heavy atom. The van der Waals surface area contributed by atoms with Crippen molar-refractivity contribution in [2.45, 2.75) is 10.9 Å². The first kappa shape index (κ1) is 12.3. The molecule has 1 unspecified atom stereocenters. The minimum absolute atomic E-state index is 0.118. The standard InChI is InChI=1S/C15H16N2O2S/c18-20(19,17-15-13-8-16-9-14(13)15)12-6-5-10-3-1-2-4-11(10)7-12/h1-7,13-17H,8-9H2/t13-,14+,15?. The number of nitrogens with one attached hydrogen (secondary N) is 2. The van der Waals surface area contributed by atoms with Gasteiger partial charge in [0.2, 0.25) is 10.0 Å². The lowest BCUT2D eigenvalue weighted by Gasteiger charge is -2.09. The fourth-order valence-electron chi connectivity index (χ4n) is 3.17. The van der Waals surface area contributed by atoms with Gasteiger partial charge in [0.15, 0.2) is 0 Å². The van der Waals surface area contributed by atoms with E-state index in [0.29, 0.717) is 16.7 Å². The molecule has 2 aromatic carbocycles. The first-order valence-electron chi connectivity index (χ1n) is 6.87. The van der Waals surface area contributed by atoms with Gasteiger partial charge in [0, 0.05) is 6.04 Å². The Labute approximate surface area is 118 Å². The van der Waals surface area contributed by atoms with Gasteiger partial charge in [-0.3, -0.25) is 0 Å². The summed E-state index contributed by atoms with van der Waals surface area (Å²) in [6.45, 7) is 1.85. The van der Waals surface area contributed by atoms with Crippen LogP contribution in [0.3, 0.4) is 0 Å². The largest absolute Gasteiger partial charge is 0.316 e. The summed E-state index contributed by atoms with van der Waals surface area (Å²) in [4.78, 5) is 0.356. The molecule has 4 nitrogen and oxygen atoms in total. The number of piperidine rings is 1. The Morgan fingerprint density at radius 3 is 2.45 bits per heavy atom. The minimum atomic E-state index is -3.41. The topological polar surface area (TPSA) is 58.2 Å². The Kier molecular flexibility index (Phi) is 2.64. The van der Waals surface area contributed by atoms with Crippen LogP contribution in [0, 0.1) is 11.8 Å². The molecule has 0 amide bonds. The molecular weight excluding hydrogens is 272 g/mol. The summed E-state index contributed by atoms with van der Waals surface area (Å²) >= 11 is 0. The van der Waals surface area contributed by atoms with Crippen molar-refractivity contribution in [2.75, 3.05) is 13.1 Å². The first-order chi connectivity index (χ1) is 9.65. The number of hydrogen-bond acceptors (Lipinski definition) is 3. The molecule has 104 valence electrons. The van der Waals surface area contributed by atoms with E-state index in [4.69, 9.17) is 0 Å². The van der Waals surface area contributed by atoms with Crippen LogP contribution in [0.5, 0.6) is 0 Å². The van der Waals surface area contributed by atoms with E-state index in [1.54, 1.807) is 12.1 Å². The van der Waals surface area contributed by atoms with E-state index in [1.165, 1.54) is 0 Å². The Balaban J connectivity index is 1.63. The lowest BCUT2D eigenvalue weighted by atomic mass is 10.1. The molecule has 2 fully saturated rings. The molecule has 0 spiro atoms. The van der Waals surface area contributed by atoms with Gasteiger partial charge in [0.05, 0.1) is 4.90 Å². The van der Waals surface area contributed by atoms with Gasteiger partial charge in [-0.05, 0) is 47.8 Å². The third-order valence-electron chi connectivity index (χ3n) is 4.41. The van der Waals surface area contributed by atoms with Gasteiger partial charge in [-0.1, -0.05) is 30.3 Å². The predicted octanol–water partition coefficient (Wildman–Crippen LogP) is 1.34. The monoisotopic (exact) mass is 288 g/mol. The van der Waals surface area contributed by atoms with Gasteiger partial charge in [-0.25, -0.2) is 13.1 Å². The van der Waals surface area contributed by atoms with Gasteiger partial charge in [0.25, 0.3) is 0 Å². The summed E-state index contributed by atoms with van der Waals surface area (Å²) in [7, 11) is -3.41. The summed E-state index contributed by atoms with van der Waals surface area (Å²) in [6.07, 6.45) is 0. The summed E-state index contributed by atoms with van der Waals surface area (Å²) in [6, 6.07) is 13.2. The Morgan fingerprint density at radius 1 is 1.00 bits per heavy atom. The highest BCUT2D eigenvalue weighted by atomic mass is 32.2. The van der Waals surface area contributed by atoms with Gasteiger partial charge in [-0.2, -0.15) is 0 Å². The molecule has 4 rings (SSSR count). The van der Waals surface area contributed by atoms with Gasteiger partial charge in [-0.15, -0.1) is 0 Å². The molecule has 1 saturated carbocycles. The van der Waals surface area contributed by atoms with E-state index < -0.39 is 10.0 Å². The van der Waals surface area contributed by atoms with Crippen molar-refractivity contribution in [1.82, 2.24) is 10.0 Å². The predicted molar refractivity (Wildman–Crippen MR) is 77.9 cm³/mol. The maximum atomic E-state index is 12.4. The third-order valence-corrected chi connectivity index (χ3v) is 5.87. The van der Waals surface area contributed by atoms with E-state index in [2.05, 4.69) is 10.0 Å². The highest BCUT2D eigenvalue weighted by Gasteiger charge is 2.54. The van der Waals surface area contributed by atoms with Crippen LogP contribution in [0.4, 0.5) is 0 Å².